The zero-order chi connectivity index (χ0) is 15.8. The van der Waals surface area contributed by atoms with Gasteiger partial charge in [0.15, 0.2) is 0 Å². The van der Waals surface area contributed by atoms with E-state index in [-0.39, 0.29) is 0 Å². The highest BCUT2D eigenvalue weighted by atomic mass is 32.1. The van der Waals surface area contributed by atoms with Gasteiger partial charge in [0, 0.05) is 11.4 Å². The van der Waals surface area contributed by atoms with Crippen LogP contribution < -0.4 is 0 Å². The Kier molecular flexibility index (Phi) is 7.93. The lowest BCUT2D eigenvalue weighted by atomic mass is 10.2. The summed E-state index contributed by atoms with van der Waals surface area (Å²) in [6.07, 6.45) is 1.16. The highest BCUT2D eigenvalue weighted by molar-refractivity contribution is 7.14. The SMILES string of the molecule is CCN(CC)CCCN(CC)Cc1cc(C(=O)O)sc1C. The first-order chi connectivity index (χ1) is 10.0. The molecule has 21 heavy (non-hydrogen) atoms. The van der Waals surface area contributed by atoms with Crippen LogP contribution in [-0.2, 0) is 6.54 Å². The highest BCUT2D eigenvalue weighted by Crippen LogP contribution is 2.23. The first kappa shape index (κ1) is 18.1. The molecule has 0 aliphatic carbocycles. The van der Waals surface area contributed by atoms with Crippen LogP contribution in [0.15, 0.2) is 6.07 Å². The summed E-state index contributed by atoms with van der Waals surface area (Å²) in [5, 5.41) is 9.06. The Morgan fingerprint density at radius 1 is 1.14 bits per heavy atom. The fraction of sp³-hybridized carbons (Fsp3) is 0.688. The zero-order valence-electron chi connectivity index (χ0n) is 13.7. The molecule has 0 aromatic carbocycles. The number of aromatic carboxylic acids is 1. The van der Waals surface area contributed by atoms with Gasteiger partial charge in [-0.3, -0.25) is 4.90 Å². The van der Waals surface area contributed by atoms with E-state index < -0.39 is 5.97 Å². The molecule has 0 spiro atoms. The molecule has 5 heteroatoms. The Balaban J connectivity index is 2.52. The van der Waals surface area contributed by atoms with Crippen LogP contribution in [0.25, 0.3) is 0 Å². The monoisotopic (exact) mass is 312 g/mol. The number of aryl methyl sites for hydroxylation is 1. The van der Waals surface area contributed by atoms with E-state index in [0.29, 0.717) is 4.88 Å². The van der Waals surface area contributed by atoms with E-state index in [1.807, 2.05) is 13.0 Å². The Morgan fingerprint density at radius 2 is 1.71 bits per heavy atom. The van der Waals surface area contributed by atoms with Gasteiger partial charge in [0.1, 0.15) is 4.88 Å². The van der Waals surface area contributed by atoms with Crippen molar-refractivity contribution < 1.29 is 9.90 Å². The summed E-state index contributed by atoms with van der Waals surface area (Å²) < 4.78 is 0. The van der Waals surface area contributed by atoms with Crippen molar-refractivity contribution in [1.29, 1.82) is 0 Å². The van der Waals surface area contributed by atoms with Crippen molar-refractivity contribution in [1.82, 2.24) is 9.80 Å². The minimum Gasteiger partial charge on any atom is -0.477 e. The second-order valence-electron chi connectivity index (χ2n) is 5.25. The molecule has 1 heterocycles. The van der Waals surface area contributed by atoms with Crippen molar-refractivity contribution in [2.75, 3.05) is 32.7 Å². The molecular formula is C16H28N2O2S. The van der Waals surface area contributed by atoms with E-state index in [9.17, 15) is 4.79 Å². The van der Waals surface area contributed by atoms with E-state index in [2.05, 4.69) is 30.6 Å². The molecule has 4 nitrogen and oxygen atoms in total. The van der Waals surface area contributed by atoms with Crippen LogP contribution >= 0.6 is 11.3 Å². The van der Waals surface area contributed by atoms with Gasteiger partial charge in [0.05, 0.1) is 0 Å². The number of carbonyl (C=O) groups is 1. The number of rotatable bonds is 10. The summed E-state index contributed by atoms with van der Waals surface area (Å²) in [5.41, 5.74) is 1.15. The van der Waals surface area contributed by atoms with Gasteiger partial charge in [-0.2, -0.15) is 0 Å². The van der Waals surface area contributed by atoms with Crippen molar-refractivity contribution in [3.8, 4) is 0 Å². The summed E-state index contributed by atoms with van der Waals surface area (Å²) in [5.74, 6) is -0.820. The van der Waals surface area contributed by atoms with Crippen molar-refractivity contribution >= 4 is 17.3 Å². The molecule has 0 saturated carbocycles. The van der Waals surface area contributed by atoms with Gasteiger partial charge in [-0.1, -0.05) is 20.8 Å². The van der Waals surface area contributed by atoms with Crippen LogP contribution in [0.5, 0.6) is 0 Å². The molecule has 1 N–H and O–H groups in total. The van der Waals surface area contributed by atoms with Crippen LogP contribution in [0.2, 0.25) is 0 Å². The summed E-state index contributed by atoms with van der Waals surface area (Å²) in [6, 6.07) is 1.83. The molecule has 0 radical (unpaired) electrons. The maximum absolute atomic E-state index is 11.0. The number of hydrogen-bond donors (Lipinski definition) is 1. The summed E-state index contributed by atoms with van der Waals surface area (Å²) in [7, 11) is 0. The summed E-state index contributed by atoms with van der Waals surface area (Å²) in [4.78, 5) is 17.4. The minimum atomic E-state index is -0.820. The van der Waals surface area contributed by atoms with Gasteiger partial charge >= 0.3 is 5.97 Å². The third kappa shape index (κ3) is 5.77. The molecule has 0 saturated heterocycles. The average molecular weight is 312 g/mol. The van der Waals surface area contributed by atoms with Crippen LogP contribution in [0.1, 0.15) is 47.3 Å². The Morgan fingerprint density at radius 3 is 2.19 bits per heavy atom. The number of thiophene rings is 1. The molecule has 0 aliphatic heterocycles. The number of carboxylic acid groups (broad SMARTS) is 1. The van der Waals surface area contributed by atoms with E-state index in [0.717, 1.165) is 56.1 Å². The Hall–Kier alpha value is -0.910. The topological polar surface area (TPSA) is 43.8 Å². The van der Waals surface area contributed by atoms with Gasteiger partial charge in [-0.05, 0) is 57.7 Å². The van der Waals surface area contributed by atoms with E-state index in [4.69, 9.17) is 5.11 Å². The van der Waals surface area contributed by atoms with Crippen molar-refractivity contribution in [3.05, 3.63) is 21.4 Å². The molecule has 1 rings (SSSR count). The summed E-state index contributed by atoms with van der Waals surface area (Å²) >= 11 is 1.38. The predicted molar refractivity (Wildman–Crippen MR) is 89.4 cm³/mol. The van der Waals surface area contributed by atoms with E-state index in [1.165, 1.54) is 11.3 Å². The van der Waals surface area contributed by atoms with Crippen LogP contribution in [0, 0.1) is 6.92 Å². The van der Waals surface area contributed by atoms with E-state index in [1.54, 1.807) is 0 Å². The van der Waals surface area contributed by atoms with Gasteiger partial charge in [-0.25, -0.2) is 4.79 Å². The molecule has 0 aliphatic rings. The second kappa shape index (κ2) is 9.18. The van der Waals surface area contributed by atoms with Crippen LogP contribution in [0.3, 0.4) is 0 Å². The molecule has 0 fully saturated rings. The van der Waals surface area contributed by atoms with Crippen molar-refractivity contribution in [3.63, 3.8) is 0 Å². The lowest BCUT2D eigenvalue weighted by Gasteiger charge is -2.23. The third-order valence-electron chi connectivity index (χ3n) is 3.92. The van der Waals surface area contributed by atoms with E-state index >= 15 is 0 Å². The first-order valence-electron chi connectivity index (χ1n) is 7.79. The third-order valence-corrected chi connectivity index (χ3v) is 5.00. The largest absolute Gasteiger partial charge is 0.477 e. The lowest BCUT2D eigenvalue weighted by Crippen LogP contribution is -2.29. The molecule has 0 atom stereocenters. The molecule has 1 aromatic heterocycles. The normalized spacial score (nSPS) is 11.5. The smallest absolute Gasteiger partial charge is 0.345 e. The fourth-order valence-electron chi connectivity index (χ4n) is 2.43. The van der Waals surface area contributed by atoms with Gasteiger partial charge in [0.25, 0.3) is 0 Å². The maximum atomic E-state index is 11.0. The average Bonchev–Trinajstić information content (AvgIpc) is 2.83. The van der Waals surface area contributed by atoms with Crippen molar-refractivity contribution in [2.45, 2.75) is 40.7 Å². The van der Waals surface area contributed by atoms with Crippen molar-refractivity contribution in [2.24, 2.45) is 0 Å². The molecule has 0 bridgehead atoms. The quantitative estimate of drug-likeness (QED) is 0.720. The highest BCUT2D eigenvalue weighted by Gasteiger charge is 2.13. The van der Waals surface area contributed by atoms with Gasteiger partial charge < -0.3 is 10.0 Å². The van der Waals surface area contributed by atoms with Gasteiger partial charge in [0.2, 0.25) is 0 Å². The number of hydrogen-bond acceptors (Lipinski definition) is 4. The number of carboxylic acids is 1. The van der Waals surface area contributed by atoms with Crippen LogP contribution in [-0.4, -0.2) is 53.6 Å². The minimum absolute atomic E-state index is 0.446. The fourth-order valence-corrected chi connectivity index (χ4v) is 3.30. The zero-order valence-corrected chi connectivity index (χ0v) is 14.5. The Labute approximate surface area is 132 Å². The Bertz CT molecular complexity index is 441. The van der Waals surface area contributed by atoms with Gasteiger partial charge in [-0.15, -0.1) is 11.3 Å². The molecular weight excluding hydrogens is 284 g/mol. The molecule has 1 aromatic rings. The molecule has 120 valence electrons. The number of nitrogens with zero attached hydrogens (tertiary/aromatic N) is 2. The van der Waals surface area contributed by atoms with Crippen LogP contribution in [0.4, 0.5) is 0 Å². The lowest BCUT2D eigenvalue weighted by molar-refractivity contribution is 0.0702. The maximum Gasteiger partial charge on any atom is 0.345 e. The predicted octanol–water partition coefficient (Wildman–Crippen LogP) is 3.31. The second-order valence-corrected chi connectivity index (χ2v) is 6.50. The molecule has 0 unspecified atom stereocenters. The molecule has 0 amide bonds. The standard InChI is InChI=1S/C16H28N2O2S/c1-5-17(6-2)9-8-10-18(7-3)12-14-11-15(16(19)20)21-13(14)4/h11H,5-10,12H2,1-4H3,(H,19,20). The summed E-state index contributed by atoms with van der Waals surface area (Å²) in [6.45, 7) is 14.8. The first-order valence-corrected chi connectivity index (χ1v) is 8.60.